The predicted octanol–water partition coefficient (Wildman–Crippen LogP) is 6.06. The molecule has 3 atom stereocenters. The lowest BCUT2D eigenvalue weighted by Crippen LogP contribution is -2.46. The average Bonchev–Trinajstić information content (AvgIpc) is 2.95. The molecule has 1 heterocycles. The Labute approximate surface area is 224 Å². The number of benzene rings is 4. The summed E-state index contributed by atoms with van der Waals surface area (Å²) in [5.74, 6) is -0.459. The van der Waals surface area contributed by atoms with E-state index in [2.05, 4.69) is 79.0 Å². The first-order chi connectivity index (χ1) is 18.5. The van der Waals surface area contributed by atoms with E-state index in [1.165, 1.54) is 21.9 Å². The van der Waals surface area contributed by atoms with Crippen LogP contribution < -0.4 is 5.32 Å². The van der Waals surface area contributed by atoms with Gasteiger partial charge in [0.2, 0.25) is 0 Å². The number of amides is 1. The SMILES string of the molecule is C[C@@H](NCC1CN(C(=O)c2ccccc2CC(=O)O)CCC1c1ccccc1)c1cccc2ccccc12. The van der Waals surface area contributed by atoms with Crippen molar-refractivity contribution in [3.8, 4) is 0 Å². The molecule has 1 aliphatic heterocycles. The third-order valence-electron chi connectivity index (χ3n) is 7.81. The number of carbonyl (C=O) groups is 2. The highest BCUT2D eigenvalue weighted by Gasteiger charge is 2.33. The molecule has 0 bridgehead atoms. The highest BCUT2D eigenvalue weighted by molar-refractivity contribution is 5.96. The Morgan fingerprint density at radius 2 is 1.63 bits per heavy atom. The number of rotatable bonds is 8. The number of nitrogens with one attached hydrogen (secondary N) is 1. The normalized spacial score (nSPS) is 18.3. The Bertz CT molecular complexity index is 1410. The van der Waals surface area contributed by atoms with Crippen LogP contribution in [0.25, 0.3) is 10.8 Å². The molecular weight excluding hydrogens is 472 g/mol. The molecule has 0 aliphatic carbocycles. The number of carboxylic acids is 1. The zero-order chi connectivity index (χ0) is 26.5. The number of carboxylic acid groups (broad SMARTS) is 1. The molecule has 0 saturated carbocycles. The molecule has 2 N–H and O–H groups in total. The van der Waals surface area contributed by atoms with Crippen LogP contribution in [-0.2, 0) is 11.2 Å². The molecule has 5 nitrogen and oxygen atoms in total. The molecule has 1 fully saturated rings. The Morgan fingerprint density at radius 3 is 2.45 bits per heavy atom. The number of piperidine rings is 1. The Morgan fingerprint density at radius 1 is 0.921 bits per heavy atom. The van der Waals surface area contributed by atoms with Crippen molar-refractivity contribution in [3.05, 3.63) is 119 Å². The van der Waals surface area contributed by atoms with Gasteiger partial charge < -0.3 is 15.3 Å². The summed E-state index contributed by atoms with van der Waals surface area (Å²) in [4.78, 5) is 26.9. The number of fused-ring (bicyclic) bond motifs is 1. The van der Waals surface area contributed by atoms with Crippen LogP contribution in [0.3, 0.4) is 0 Å². The summed E-state index contributed by atoms with van der Waals surface area (Å²) >= 11 is 0. The van der Waals surface area contributed by atoms with Crippen molar-refractivity contribution in [2.45, 2.75) is 31.7 Å². The maximum atomic E-state index is 13.6. The fourth-order valence-corrected chi connectivity index (χ4v) is 5.85. The zero-order valence-corrected chi connectivity index (χ0v) is 21.7. The van der Waals surface area contributed by atoms with E-state index >= 15 is 0 Å². The largest absolute Gasteiger partial charge is 0.481 e. The van der Waals surface area contributed by atoms with Crippen LogP contribution in [0.15, 0.2) is 97.1 Å². The minimum Gasteiger partial charge on any atom is -0.481 e. The molecule has 4 aromatic rings. The summed E-state index contributed by atoms with van der Waals surface area (Å²) in [5, 5.41) is 15.6. The Kier molecular flexibility index (Phi) is 7.85. The van der Waals surface area contributed by atoms with Crippen molar-refractivity contribution in [1.82, 2.24) is 10.2 Å². The van der Waals surface area contributed by atoms with E-state index in [0.29, 0.717) is 30.1 Å². The molecule has 194 valence electrons. The second-order valence-electron chi connectivity index (χ2n) is 10.2. The number of carbonyl (C=O) groups excluding carboxylic acids is 1. The maximum Gasteiger partial charge on any atom is 0.307 e. The smallest absolute Gasteiger partial charge is 0.307 e. The van der Waals surface area contributed by atoms with Crippen LogP contribution in [0.5, 0.6) is 0 Å². The van der Waals surface area contributed by atoms with Gasteiger partial charge in [0, 0.05) is 31.2 Å². The van der Waals surface area contributed by atoms with Gasteiger partial charge in [0.25, 0.3) is 5.91 Å². The maximum absolute atomic E-state index is 13.6. The quantitative estimate of drug-likeness (QED) is 0.305. The van der Waals surface area contributed by atoms with Gasteiger partial charge in [0.15, 0.2) is 0 Å². The number of nitrogens with zero attached hydrogens (tertiary/aromatic N) is 1. The lowest BCUT2D eigenvalue weighted by atomic mass is 9.80. The van der Waals surface area contributed by atoms with Crippen molar-refractivity contribution < 1.29 is 14.7 Å². The van der Waals surface area contributed by atoms with Gasteiger partial charge >= 0.3 is 5.97 Å². The summed E-state index contributed by atoms with van der Waals surface area (Å²) in [5.41, 5.74) is 3.62. The van der Waals surface area contributed by atoms with Gasteiger partial charge in [0.05, 0.1) is 6.42 Å². The molecule has 0 radical (unpaired) electrons. The van der Waals surface area contributed by atoms with E-state index in [9.17, 15) is 14.7 Å². The van der Waals surface area contributed by atoms with Crippen molar-refractivity contribution >= 4 is 22.6 Å². The Balaban J connectivity index is 1.37. The van der Waals surface area contributed by atoms with Crippen molar-refractivity contribution in [2.75, 3.05) is 19.6 Å². The molecule has 0 aromatic heterocycles. The number of likely N-dealkylation sites (tertiary alicyclic amines) is 1. The first-order valence-electron chi connectivity index (χ1n) is 13.4. The van der Waals surface area contributed by atoms with Crippen LogP contribution in [0.1, 0.15) is 52.4 Å². The molecule has 2 unspecified atom stereocenters. The average molecular weight is 507 g/mol. The second-order valence-corrected chi connectivity index (χ2v) is 10.2. The van der Waals surface area contributed by atoms with Crippen molar-refractivity contribution in [1.29, 1.82) is 0 Å². The van der Waals surface area contributed by atoms with Crippen LogP contribution in [0.4, 0.5) is 0 Å². The molecule has 5 heteroatoms. The third kappa shape index (κ3) is 5.63. The first-order valence-corrected chi connectivity index (χ1v) is 13.4. The standard InChI is InChI=1S/C33H34N2O3/c1-23(28-17-9-14-25-12-5-7-15-30(25)28)34-21-27-22-35(19-18-29(27)24-10-3-2-4-11-24)33(38)31-16-8-6-13-26(31)20-32(36)37/h2-17,23,27,29,34H,18-22H2,1H3,(H,36,37)/t23-,27?,29?/m1/s1. The second kappa shape index (κ2) is 11.6. The fraction of sp³-hybridized carbons (Fsp3) is 0.273. The lowest BCUT2D eigenvalue weighted by Gasteiger charge is -2.40. The van der Waals surface area contributed by atoms with Crippen LogP contribution in [-0.4, -0.2) is 41.5 Å². The predicted molar refractivity (Wildman–Crippen MR) is 151 cm³/mol. The molecule has 5 rings (SSSR count). The van der Waals surface area contributed by atoms with Gasteiger partial charge in [-0.3, -0.25) is 9.59 Å². The van der Waals surface area contributed by atoms with E-state index in [1.54, 1.807) is 24.3 Å². The van der Waals surface area contributed by atoms with E-state index in [0.717, 1.165) is 13.0 Å². The van der Waals surface area contributed by atoms with Gasteiger partial charge in [-0.1, -0.05) is 91.0 Å². The number of aliphatic carboxylic acids is 1. The molecule has 1 aliphatic rings. The summed E-state index contributed by atoms with van der Waals surface area (Å²) in [6.45, 7) is 4.24. The van der Waals surface area contributed by atoms with Crippen molar-refractivity contribution in [3.63, 3.8) is 0 Å². The van der Waals surface area contributed by atoms with Gasteiger partial charge in [-0.25, -0.2) is 0 Å². The van der Waals surface area contributed by atoms with Crippen molar-refractivity contribution in [2.24, 2.45) is 5.92 Å². The molecular formula is C33H34N2O3. The van der Waals surface area contributed by atoms with Gasteiger partial charge in [-0.05, 0) is 58.7 Å². The molecule has 1 saturated heterocycles. The fourth-order valence-electron chi connectivity index (χ4n) is 5.85. The van der Waals surface area contributed by atoms with Gasteiger partial charge in [0.1, 0.15) is 0 Å². The highest BCUT2D eigenvalue weighted by Crippen LogP contribution is 2.34. The monoisotopic (exact) mass is 506 g/mol. The summed E-state index contributed by atoms with van der Waals surface area (Å²) in [7, 11) is 0. The first kappa shape index (κ1) is 25.7. The summed E-state index contributed by atoms with van der Waals surface area (Å²) < 4.78 is 0. The van der Waals surface area contributed by atoms with E-state index in [4.69, 9.17) is 0 Å². The summed E-state index contributed by atoms with van der Waals surface area (Å²) in [6.07, 6.45) is 0.710. The van der Waals surface area contributed by atoms with Gasteiger partial charge in [-0.2, -0.15) is 0 Å². The van der Waals surface area contributed by atoms with Crippen LogP contribution >= 0.6 is 0 Å². The number of hydrogen-bond donors (Lipinski definition) is 2. The molecule has 38 heavy (non-hydrogen) atoms. The molecule has 1 amide bonds. The van der Waals surface area contributed by atoms with Crippen LogP contribution in [0, 0.1) is 5.92 Å². The Hall–Kier alpha value is -3.96. The zero-order valence-electron chi connectivity index (χ0n) is 21.7. The summed E-state index contributed by atoms with van der Waals surface area (Å²) in [6, 6.07) is 32.7. The van der Waals surface area contributed by atoms with Gasteiger partial charge in [-0.15, -0.1) is 0 Å². The minimum atomic E-state index is -0.933. The number of hydrogen-bond acceptors (Lipinski definition) is 3. The van der Waals surface area contributed by atoms with E-state index in [1.807, 2.05) is 11.0 Å². The third-order valence-corrected chi connectivity index (χ3v) is 7.81. The van der Waals surface area contributed by atoms with Crippen LogP contribution in [0.2, 0.25) is 0 Å². The molecule has 4 aromatic carbocycles. The topological polar surface area (TPSA) is 69.6 Å². The highest BCUT2D eigenvalue weighted by atomic mass is 16.4. The van der Waals surface area contributed by atoms with E-state index < -0.39 is 5.97 Å². The lowest BCUT2D eigenvalue weighted by molar-refractivity contribution is -0.136. The minimum absolute atomic E-state index is 0.0829. The molecule has 0 spiro atoms. The van der Waals surface area contributed by atoms with E-state index in [-0.39, 0.29) is 24.3 Å².